The molecular weight excluding hydrogens is 390 g/mol. The molecule has 8 heteroatoms. The Morgan fingerprint density at radius 3 is 2.65 bits per heavy atom. The van der Waals surface area contributed by atoms with Crippen molar-refractivity contribution in [3.63, 3.8) is 0 Å². The number of guanidine groups is 1. The van der Waals surface area contributed by atoms with Gasteiger partial charge in [0.05, 0.1) is 6.61 Å². The van der Waals surface area contributed by atoms with Crippen LogP contribution in [0.2, 0.25) is 0 Å². The molecule has 0 unspecified atom stereocenters. The fourth-order valence-electron chi connectivity index (χ4n) is 3.22. The number of aryl methyl sites for hydroxylation is 1. The van der Waals surface area contributed by atoms with Crippen LogP contribution in [0.5, 0.6) is 0 Å². The van der Waals surface area contributed by atoms with Crippen molar-refractivity contribution in [3.05, 3.63) is 42.0 Å². The second kappa shape index (κ2) is 11.7. The van der Waals surface area contributed by atoms with Crippen LogP contribution in [-0.4, -0.2) is 72.6 Å². The number of aliphatic imine (C=N–C) groups is 1. The molecule has 31 heavy (non-hydrogen) atoms. The van der Waals surface area contributed by atoms with Crippen molar-refractivity contribution in [1.29, 1.82) is 0 Å². The SMILES string of the molecule is Cc1nnc(CN=C(NCCCN(C)c2ccccc2)N(C)CCOCC2CC2)n1C. The standard InChI is InChI=1S/C23H37N7O/c1-19-26-27-22(30(19)4)17-25-23(29(3)15-16-31-18-20-11-12-20)24-13-8-14-28(2)21-9-6-5-7-10-21/h5-7,9-10,20H,8,11-18H2,1-4H3,(H,24,25). The van der Waals surface area contributed by atoms with Gasteiger partial charge in [-0.05, 0) is 44.2 Å². The normalized spacial score (nSPS) is 14.0. The number of ether oxygens (including phenoxy) is 1. The maximum atomic E-state index is 5.81. The van der Waals surface area contributed by atoms with E-state index in [0.717, 1.165) is 56.2 Å². The van der Waals surface area contributed by atoms with Gasteiger partial charge in [-0.2, -0.15) is 0 Å². The molecule has 2 aromatic rings. The molecule has 170 valence electrons. The largest absolute Gasteiger partial charge is 0.379 e. The second-order valence-corrected chi connectivity index (χ2v) is 8.34. The van der Waals surface area contributed by atoms with Crippen molar-refractivity contribution in [2.75, 3.05) is 51.8 Å². The van der Waals surface area contributed by atoms with Crippen LogP contribution >= 0.6 is 0 Å². The monoisotopic (exact) mass is 427 g/mol. The topological polar surface area (TPSA) is 70.8 Å². The van der Waals surface area contributed by atoms with Gasteiger partial charge in [0, 0.05) is 53.1 Å². The third-order valence-corrected chi connectivity index (χ3v) is 5.69. The molecular formula is C23H37N7O. The maximum absolute atomic E-state index is 5.81. The van der Waals surface area contributed by atoms with Gasteiger partial charge in [0.2, 0.25) is 0 Å². The molecule has 8 nitrogen and oxygen atoms in total. The highest BCUT2D eigenvalue weighted by Gasteiger charge is 2.21. The smallest absolute Gasteiger partial charge is 0.194 e. The molecule has 1 fully saturated rings. The van der Waals surface area contributed by atoms with Gasteiger partial charge in [0.15, 0.2) is 11.8 Å². The van der Waals surface area contributed by atoms with Crippen LogP contribution < -0.4 is 10.2 Å². The summed E-state index contributed by atoms with van der Waals surface area (Å²) in [5.41, 5.74) is 1.24. The van der Waals surface area contributed by atoms with Crippen molar-refractivity contribution in [3.8, 4) is 0 Å². The van der Waals surface area contributed by atoms with E-state index in [0.29, 0.717) is 13.2 Å². The quantitative estimate of drug-likeness (QED) is 0.319. The number of benzene rings is 1. The summed E-state index contributed by atoms with van der Waals surface area (Å²) in [5.74, 6) is 3.42. The summed E-state index contributed by atoms with van der Waals surface area (Å²) >= 11 is 0. The predicted octanol–water partition coefficient (Wildman–Crippen LogP) is 2.45. The van der Waals surface area contributed by atoms with Crippen LogP contribution in [0.1, 0.15) is 30.9 Å². The molecule has 1 aromatic heterocycles. The summed E-state index contributed by atoms with van der Waals surface area (Å²) in [7, 11) is 6.16. The Bertz CT molecular complexity index is 817. The van der Waals surface area contributed by atoms with Crippen molar-refractivity contribution >= 4 is 11.6 Å². The van der Waals surface area contributed by atoms with Gasteiger partial charge < -0.3 is 24.4 Å². The van der Waals surface area contributed by atoms with E-state index in [1.54, 1.807) is 0 Å². The molecule has 0 spiro atoms. The van der Waals surface area contributed by atoms with Crippen LogP contribution in [-0.2, 0) is 18.3 Å². The summed E-state index contributed by atoms with van der Waals surface area (Å²) in [5, 5.41) is 11.9. The molecule has 1 aromatic carbocycles. The number of nitrogens with zero attached hydrogens (tertiary/aromatic N) is 6. The number of aromatic nitrogens is 3. The number of likely N-dealkylation sites (N-methyl/N-ethyl adjacent to an activating group) is 1. The van der Waals surface area contributed by atoms with E-state index in [2.05, 4.69) is 63.7 Å². The number of anilines is 1. The van der Waals surface area contributed by atoms with E-state index in [9.17, 15) is 0 Å². The molecule has 1 aliphatic carbocycles. The Morgan fingerprint density at radius 2 is 1.97 bits per heavy atom. The van der Waals surface area contributed by atoms with Gasteiger partial charge in [-0.15, -0.1) is 10.2 Å². The second-order valence-electron chi connectivity index (χ2n) is 8.34. The first-order valence-electron chi connectivity index (χ1n) is 11.2. The van der Waals surface area contributed by atoms with Gasteiger partial charge in [-0.1, -0.05) is 18.2 Å². The third-order valence-electron chi connectivity index (χ3n) is 5.69. The minimum absolute atomic E-state index is 0.497. The molecule has 1 N–H and O–H groups in total. The Hall–Kier alpha value is -2.61. The van der Waals surface area contributed by atoms with Crippen LogP contribution in [0.3, 0.4) is 0 Å². The van der Waals surface area contributed by atoms with Crippen LogP contribution in [0.25, 0.3) is 0 Å². The highest BCUT2D eigenvalue weighted by atomic mass is 16.5. The lowest BCUT2D eigenvalue weighted by molar-refractivity contribution is 0.115. The third kappa shape index (κ3) is 7.54. The maximum Gasteiger partial charge on any atom is 0.194 e. The Morgan fingerprint density at radius 1 is 1.19 bits per heavy atom. The Labute approximate surface area is 186 Å². The minimum Gasteiger partial charge on any atom is -0.379 e. The van der Waals surface area contributed by atoms with Gasteiger partial charge in [-0.3, -0.25) is 0 Å². The van der Waals surface area contributed by atoms with Gasteiger partial charge >= 0.3 is 0 Å². The van der Waals surface area contributed by atoms with Crippen LogP contribution in [0.15, 0.2) is 35.3 Å². The number of para-hydroxylation sites is 1. The molecule has 3 rings (SSSR count). The van der Waals surface area contributed by atoms with Gasteiger partial charge in [-0.25, -0.2) is 4.99 Å². The van der Waals surface area contributed by atoms with E-state index in [4.69, 9.17) is 9.73 Å². The van der Waals surface area contributed by atoms with E-state index >= 15 is 0 Å². The van der Waals surface area contributed by atoms with Gasteiger partial charge in [0.1, 0.15) is 12.4 Å². The number of nitrogens with one attached hydrogen (secondary N) is 1. The van der Waals surface area contributed by atoms with E-state index in [1.165, 1.54) is 18.5 Å². The molecule has 0 aliphatic heterocycles. The van der Waals surface area contributed by atoms with Gasteiger partial charge in [0.25, 0.3) is 0 Å². The zero-order valence-electron chi connectivity index (χ0n) is 19.4. The lowest BCUT2D eigenvalue weighted by Crippen LogP contribution is -2.41. The summed E-state index contributed by atoms with van der Waals surface area (Å²) in [6.07, 6.45) is 3.65. The number of hydrogen-bond donors (Lipinski definition) is 1. The van der Waals surface area contributed by atoms with Crippen LogP contribution in [0, 0.1) is 12.8 Å². The zero-order chi connectivity index (χ0) is 22.1. The molecule has 0 radical (unpaired) electrons. The molecule has 1 heterocycles. The van der Waals surface area contributed by atoms with Crippen molar-refractivity contribution < 1.29 is 4.74 Å². The molecule has 0 bridgehead atoms. The summed E-state index contributed by atoms with van der Waals surface area (Å²) in [4.78, 5) is 9.22. The summed E-state index contributed by atoms with van der Waals surface area (Å²) in [6, 6.07) is 10.5. The van der Waals surface area contributed by atoms with E-state index in [-0.39, 0.29) is 0 Å². The van der Waals surface area contributed by atoms with Crippen molar-refractivity contribution in [1.82, 2.24) is 25.0 Å². The zero-order valence-corrected chi connectivity index (χ0v) is 19.4. The first kappa shape index (κ1) is 23.1. The van der Waals surface area contributed by atoms with E-state index < -0.39 is 0 Å². The molecule has 1 saturated carbocycles. The number of rotatable bonds is 12. The highest BCUT2D eigenvalue weighted by molar-refractivity contribution is 5.79. The first-order valence-corrected chi connectivity index (χ1v) is 11.2. The fourth-order valence-corrected chi connectivity index (χ4v) is 3.22. The molecule has 0 saturated heterocycles. The summed E-state index contributed by atoms with van der Waals surface area (Å²) < 4.78 is 7.79. The van der Waals surface area contributed by atoms with Crippen LogP contribution in [0.4, 0.5) is 5.69 Å². The molecule has 0 amide bonds. The predicted molar refractivity (Wildman–Crippen MR) is 125 cm³/mol. The molecule has 1 aliphatic rings. The highest BCUT2D eigenvalue weighted by Crippen LogP contribution is 2.28. The van der Waals surface area contributed by atoms with Crippen molar-refractivity contribution in [2.45, 2.75) is 32.7 Å². The first-order chi connectivity index (χ1) is 15.0. The summed E-state index contributed by atoms with van der Waals surface area (Å²) in [6.45, 7) is 6.68. The Kier molecular flexibility index (Phi) is 8.70. The number of hydrogen-bond acceptors (Lipinski definition) is 5. The van der Waals surface area contributed by atoms with E-state index in [1.807, 2.05) is 24.6 Å². The Balaban J connectivity index is 1.49. The average molecular weight is 428 g/mol. The fraction of sp³-hybridized carbons (Fsp3) is 0.609. The van der Waals surface area contributed by atoms with Crippen molar-refractivity contribution in [2.24, 2.45) is 18.0 Å². The lowest BCUT2D eigenvalue weighted by Gasteiger charge is -2.24. The minimum atomic E-state index is 0.497. The molecule has 0 atom stereocenters. The lowest BCUT2D eigenvalue weighted by atomic mass is 10.3. The average Bonchev–Trinajstić information content (AvgIpc) is 3.56.